The van der Waals surface area contributed by atoms with Crippen LogP contribution in [-0.4, -0.2) is 26.3 Å². The molecular formula is C11H14O3S. The summed E-state index contributed by atoms with van der Waals surface area (Å²) in [5, 5.41) is 1.97. The van der Waals surface area contributed by atoms with Crippen LogP contribution in [0.3, 0.4) is 0 Å². The summed E-state index contributed by atoms with van der Waals surface area (Å²) in [6.07, 6.45) is 1.36. The lowest BCUT2D eigenvalue weighted by atomic mass is 9.87. The van der Waals surface area contributed by atoms with Crippen molar-refractivity contribution in [1.29, 1.82) is 0 Å². The topological polar surface area (TPSA) is 35.5 Å². The minimum atomic E-state index is -0.412. The highest BCUT2D eigenvalue weighted by atomic mass is 32.1. The Morgan fingerprint density at radius 2 is 2.20 bits per heavy atom. The monoisotopic (exact) mass is 226 g/mol. The van der Waals surface area contributed by atoms with Crippen molar-refractivity contribution in [2.75, 3.05) is 14.2 Å². The van der Waals surface area contributed by atoms with Crippen molar-refractivity contribution >= 4 is 17.1 Å². The summed E-state index contributed by atoms with van der Waals surface area (Å²) >= 11 is 1.66. The molecule has 1 aliphatic carbocycles. The lowest BCUT2D eigenvalue weighted by molar-refractivity contribution is -0.128. The molecule has 1 aromatic rings. The first-order valence-electron chi connectivity index (χ1n) is 4.94. The van der Waals surface area contributed by atoms with Crippen molar-refractivity contribution in [3.05, 3.63) is 21.9 Å². The zero-order valence-electron chi connectivity index (χ0n) is 8.86. The number of aryl methyl sites for hydroxylation is 1. The summed E-state index contributed by atoms with van der Waals surface area (Å²) in [5.41, 5.74) is 0.857. The van der Waals surface area contributed by atoms with E-state index in [9.17, 15) is 4.79 Å². The maximum Gasteiger partial charge on any atom is 0.172 e. The second kappa shape index (κ2) is 4.43. The molecule has 3 nitrogen and oxygen atoms in total. The fourth-order valence-electron chi connectivity index (χ4n) is 2.06. The smallest absolute Gasteiger partial charge is 0.172 e. The molecule has 0 spiro atoms. The highest BCUT2D eigenvalue weighted by Gasteiger charge is 2.34. The number of ketones is 1. The molecule has 0 fully saturated rings. The van der Waals surface area contributed by atoms with Crippen LogP contribution in [0.1, 0.15) is 21.7 Å². The van der Waals surface area contributed by atoms with Crippen molar-refractivity contribution in [2.24, 2.45) is 5.92 Å². The Morgan fingerprint density at radius 1 is 1.47 bits per heavy atom. The van der Waals surface area contributed by atoms with Crippen molar-refractivity contribution < 1.29 is 14.3 Å². The van der Waals surface area contributed by atoms with E-state index in [1.807, 2.05) is 11.4 Å². The number of methoxy groups -OCH3 is 2. The number of carbonyl (C=O) groups excluding carboxylic acids is 1. The first kappa shape index (κ1) is 10.8. The van der Waals surface area contributed by atoms with Crippen LogP contribution in [0.5, 0.6) is 0 Å². The third-order valence-electron chi connectivity index (χ3n) is 2.82. The SMILES string of the molecule is COC(OC)C1CCc2sccc2C1=O. The molecule has 1 aliphatic rings. The van der Waals surface area contributed by atoms with E-state index in [4.69, 9.17) is 9.47 Å². The van der Waals surface area contributed by atoms with Crippen LogP contribution in [0.4, 0.5) is 0 Å². The number of fused-ring (bicyclic) bond motifs is 1. The number of hydrogen-bond donors (Lipinski definition) is 0. The van der Waals surface area contributed by atoms with Gasteiger partial charge in [0.15, 0.2) is 12.1 Å². The van der Waals surface area contributed by atoms with Gasteiger partial charge in [0.05, 0.1) is 5.92 Å². The van der Waals surface area contributed by atoms with Gasteiger partial charge < -0.3 is 9.47 Å². The van der Waals surface area contributed by atoms with E-state index < -0.39 is 6.29 Å². The quantitative estimate of drug-likeness (QED) is 0.740. The molecule has 0 amide bonds. The Labute approximate surface area is 93.0 Å². The molecule has 0 saturated heterocycles. The molecule has 1 atom stereocenters. The van der Waals surface area contributed by atoms with Crippen LogP contribution in [0, 0.1) is 5.92 Å². The van der Waals surface area contributed by atoms with Gasteiger partial charge in [0.1, 0.15) is 0 Å². The van der Waals surface area contributed by atoms with Crippen LogP contribution in [0.2, 0.25) is 0 Å². The standard InChI is InChI=1S/C11H14O3S/c1-13-11(14-2)8-3-4-9-7(10(8)12)5-6-15-9/h5-6,8,11H,3-4H2,1-2H3. The van der Waals surface area contributed by atoms with Gasteiger partial charge in [-0.25, -0.2) is 0 Å². The van der Waals surface area contributed by atoms with Crippen molar-refractivity contribution in [3.8, 4) is 0 Å². The number of carbonyl (C=O) groups is 1. The second-order valence-electron chi connectivity index (χ2n) is 3.61. The first-order chi connectivity index (χ1) is 7.27. The predicted molar refractivity (Wildman–Crippen MR) is 58.3 cm³/mol. The lowest BCUT2D eigenvalue weighted by Gasteiger charge is -2.26. The lowest BCUT2D eigenvalue weighted by Crippen LogP contribution is -2.34. The fraction of sp³-hybridized carbons (Fsp3) is 0.545. The van der Waals surface area contributed by atoms with E-state index in [0.717, 1.165) is 18.4 Å². The van der Waals surface area contributed by atoms with Crippen molar-refractivity contribution in [3.63, 3.8) is 0 Å². The van der Waals surface area contributed by atoms with E-state index in [1.165, 1.54) is 4.88 Å². The van der Waals surface area contributed by atoms with Gasteiger partial charge in [-0.3, -0.25) is 4.79 Å². The van der Waals surface area contributed by atoms with Gasteiger partial charge >= 0.3 is 0 Å². The molecule has 15 heavy (non-hydrogen) atoms. The predicted octanol–water partition coefficient (Wildman–Crippen LogP) is 2.11. The largest absolute Gasteiger partial charge is 0.355 e. The molecular weight excluding hydrogens is 212 g/mol. The second-order valence-corrected chi connectivity index (χ2v) is 4.61. The van der Waals surface area contributed by atoms with E-state index >= 15 is 0 Å². The summed E-state index contributed by atoms with van der Waals surface area (Å²) in [5.74, 6) is 0.00769. The van der Waals surface area contributed by atoms with Gasteiger partial charge in [-0.15, -0.1) is 11.3 Å². The molecule has 2 rings (SSSR count). The molecule has 0 aromatic carbocycles. The Balaban J connectivity index is 2.23. The van der Waals surface area contributed by atoms with Crippen LogP contribution in [0.25, 0.3) is 0 Å². The molecule has 1 unspecified atom stereocenters. The molecule has 4 heteroatoms. The van der Waals surface area contributed by atoms with Crippen LogP contribution in [0.15, 0.2) is 11.4 Å². The van der Waals surface area contributed by atoms with Crippen LogP contribution in [-0.2, 0) is 15.9 Å². The Bertz CT molecular complexity index is 354. The maximum atomic E-state index is 12.1. The van der Waals surface area contributed by atoms with Gasteiger partial charge in [0, 0.05) is 24.7 Å². The Morgan fingerprint density at radius 3 is 2.87 bits per heavy atom. The Hall–Kier alpha value is -0.710. The van der Waals surface area contributed by atoms with Gasteiger partial charge in [-0.05, 0) is 24.3 Å². The highest BCUT2D eigenvalue weighted by Crippen LogP contribution is 2.31. The number of ether oxygens (including phenoxy) is 2. The third kappa shape index (κ3) is 1.85. The molecule has 1 aromatic heterocycles. The molecule has 1 heterocycles. The molecule has 0 aliphatic heterocycles. The maximum absolute atomic E-state index is 12.1. The molecule has 82 valence electrons. The third-order valence-corrected chi connectivity index (χ3v) is 3.80. The Kier molecular flexibility index (Phi) is 3.19. The number of thiophene rings is 1. The minimum Gasteiger partial charge on any atom is -0.355 e. The van der Waals surface area contributed by atoms with Gasteiger partial charge in [0.25, 0.3) is 0 Å². The van der Waals surface area contributed by atoms with Crippen molar-refractivity contribution in [1.82, 2.24) is 0 Å². The zero-order valence-corrected chi connectivity index (χ0v) is 9.67. The van der Waals surface area contributed by atoms with Gasteiger partial charge in [-0.2, -0.15) is 0 Å². The van der Waals surface area contributed by atoms with E-state index in [-0.39, 0.29) is 11.7 Å². The summed E-state index contributed by atoms with van der Waals surface area (Å²) in [6.45, 7) is 0. The van der Waals surface area contributed by atoms with Crippen LogP contribution < -0.4 is 0 Å². The van der Waals surface area contributed by atoms with E-state index in [2.05, 4.69) is 0 Å². The van der Waals surface area contributed by atoms with E-state index in [1.54, 1.807) is 25.6 Å². The summed E-state index contributed by atoms with van der Waals surface area (Å²) in [4.78, 5) is 13.3. The van der Waals surface area contributed by atoms with Gasteiger partial charge in [0.2, 0.25) is 0 Å². The number of rotatable bonds is 3. The molecule has 0 bridgehead atoms. The zero-order chi connectivity index (χ0) is 10.8. The summed E-state index contributed by atoms with van der Waals surface area (Å²) in [7, 11) is 3.15. The average molecular weight is 226 g/mol. The van der Waals surface area contributed by atoms with Crippen LogP contribution >= 0.6 is 11.3 Å². The fourth-order valence-corrected chi connectivity index (χ4v) is 2.96. The minimum absolute atomic E-state index is 0.151. The first-order valence-corrected chi connectivity index (χ1v) is 5.82. The highest BCUT2D eigenvalue weighted by molar-refractivity contribution is 7.10. The molecule has 0 saturated carbocycles. The van der Waals surface area contributed by atoms with E-state index in [0.29, 0.717) is 0 Å². The molecule has 0 N–H and O–H groups in total. The summed E-state index contributed by atoms with van der Waals surface area (Å²) < 4.78 is 10.3. The average Bonchev–Trinajstić information content (AvgIpc) is 2.71. The molecule has 0 radical (unpaired) electrons. The number of hydrogen-bond acceptors (Lipinski definition) is 4. The normalized spacial score (nSPS) is 20.7. The van der Waals surface area contributed by atoms with Crippen molar-refractivity contribution in [2.45, 2.75) is 19.1 Å². The number of Topliss-reactive ketones (excluding diaryl/α,β-unsaturated/α-hetero) is 1. The summed E-state index contributed by atoms with van der Waals surface area (Å²) in [6, 6.07) is 1.90. The van der Waals surface area contributed by atoms with Gasteiger partial charge in [-0.1, -0.05) is 0 Å².